The average molecular weight is 435 g/mol. The molecular weight excluding hydrogens is 404 g/mol. The molecule has 2 aromatic carbocycles. The zero-order chi connectivity index (χ0) is 22.7. The highest BCUT2D eigenvalue weighted by Crippen LogP contribution is 2.30. The largest absolute Gasteiger partial charge is 0.493 e. The van der Waals surface area contributed by atoms with Crippen LogP contribution in [0.3, 0.4) is 0 Å². The summed E-state index contributed by atoms with van der Waals surface area (Å²) in [5.74, 6) is 0.997. The van der Waals surface area contributed by atoms with Gasteiger partial charge in [-0.3, -0.25) is 9.59 Å². The van der Waals surface area contributed by atoms with Crippen molar-refractivity contribution in [2.24, 2.45) is 0 Å². The minimum atomic E-state index is -0.151. The second-order valence-corrected chi connectivity index (χ2v) is 8.51. The number of rotatable bonds is 6. The van der Waals surface area contributed by atoms with Crippen molar-refractivity contribution in [3.05, 3.63) is 69.5 Å². The van der Waals surface area contributed by atoms with Crippen LogP contribution < -0.4 is 15.0 Å². The average Bonchev–Trinajstić information content (AvgIpc) is 2.82. The second kappa shape index (κ2) is 9.47. The van der Waals surface area contributed by atoms with Gasteiger partial charge in [-0.05, 0) is 61.5 Å². The Morgan fingerprint density at radius 3 is 2.47 bits per heavy atom. The van der Waals surface area contributed by atoms with Crippen molar-refractivity contribution in [3.8, 4) is 11.5 Å². The molecule has 0 atom stereocenters. The fourth-order valence-electron chi connectivity index (χ4n) is 4.57. The Labute approximate surface area is 188 Å². The normalized spacial score (nSPS) is 14.3. The number of aromatic amines is 1. The third kappa shape index (κ3) is 4.49. The van der Waals surface area contributed by atoms with Crippen LogP contribution in [0.2, 0.25) is 0 Å². The van der Waals surface area contributed by atoms with Crippen molar-refractivity contribution in [1.29, 1.82) is 0 Å². The summed E-state index contributed by atoms with van der Waals surface area (Å²) in [4.78, 5) is 31.4. The first-order valence-corrected chi connectivity index (χ1v) is 11.2. The van der Waals surface area contributed by atoms with Crippen LogP contribution in [0.5, 0.6) is 11.5 Å². The molecule has 1 amide bonds. The zero-order valence-electron chi connectivity index (χ0n) is 18.9. The van der Waals surface area contributed by atoms with Crippen LogP contribution >= 0.6 is 0 Å². The number of nitrogens with zero attached hydrogens (tertiary/aromatic N) is 1. The molecule has 0 bridgehead atoms. The summed E-state index contributed by atoms with van der Waals surface area (Å²) in [5, 5.41) is 0.974. The number of nitrogens with one attached hydrogen (secondary N) is 1. The van der Waals surface area contributed by atoms with Gasteiger partial charge in [-0.15, -0.1) is 0 Å². The van der Waals surface area contributed by atoms with Gasteiger partial charge in [0.25, 0.3) is 11.5 Å². The molecule has 4 rings (SSSR count). The predicted molar refractivity (Wildman–Crippen MR) is 126 cm³/mol. The summed E-state index contributed by atoms with van der Waals surface area (Å²) in [6.45, 7) is 2.30. The lowest BCUT2D eigenvalue weighted by Crippen LogP contribution is -2.42. The molecule has 1 aromatic heterocycles. The van der Waals surface area contributed by atoms with Gasteiger partial charge in [-0.1, -0.05) is 30.9 Å². The number of fused-ring (bicyclic) bond motifs is 1. The highest BCUT2D eigenvalue weighted by Gasteiger charge is 2.28. The molecule has 6 nitrogen and oxygen atoms in total. The fourth-order valence-corrected chi connectivity index (χ4v) is 4.57. The Balaban J connectivity index is 1.71. The number of carbonyl (C=O) groups excluding carboxylic acids is 1. The first kappa shape index (κ1) is 21.9. The van der Waals surface area contributed by atoms with E-state index in [2.05, 4.69) is 11.1 Å². The number of H-pyrrole nitrogens is 1. The summed E-state index contributed by atoms with van der Waals surface area (Å²) < 4.78 is 10.7. The van der Waals surface area contributed by atoms with Gasteiger partial charge >= 0.3 is 0 Å². The molecule has 1 heterocycles. The number of hydrogen-bond acceptors (Lipinski definition) is 4. The molecule has 0 saturated heterocycles. The van der Waals surface area contributed by atoms with E-state index in [1.165, 1.54) is 6.42 Å². The van der Waals surface area contributed by atoms with Crippen LogP contribution in [0.4, 0.5) is 0 Å². The molecule has 1 fully saturated rings. The van der Waals surface area contributed by atoms with E-state index in [0.717, 1.165) is 42.1 Å². The highest BCUT2D eigenvalue weighted by molar-refractivity contribution is 5.95. The smallest absolute Gasteiger partial charge is 0.254 e. The quantitative estimate of drug-likeness (QED) is 0.603. The minimum Gasteiger partial charge on any atom is -0.493 e. The van der Waals surface area contributed by atoms with Gasteiger partial charge in [0.15, 0.2) is 11.5 Å². The van der Waals surface area contributed by atoms with Crippen LogP contribution in [0.25, 0.3) is 10.9 Å². The predicted octanol–water partition coefficient (Wildman–Crippen LogP) is 4.83. The minimum absolute atomic E-state index is 0.0957. The van der Waals surface area contributed by atoms with Crippen molar-refractivity contribution < 1.29 is 14.3 Å². The maximum absolute atomic E-state index is 13.7. The van der Waals surface area contributed by atoms with E-state index in [0.29, 0.717) is 22.6 Å². The lowest BCUT2D eigenvalue weighted by Gasteiger charge is -2.34. The van der Waals surface area contributed by atoms with Crippen LogP contribution in [-0.4, -0.2) is 36.1 Å². The SMILES string of the molecule is COc1ccc(C(=O)N(Cc2cc3cc(C)ccc3[nH]c2=O)C2CCCCC2)cc1OC. The first-order valence-electron chi connectivity index (χ1n) is 11.2. The summed E-state index contributed by atoms with van der Waals surface area (Å²) >= 11 is 0. The maximum atomic E-state index is 13.7. The van der Waals surface area contributed by atoms with Gasteiger partial charge in [-0.25, -0.2) is 0 Å². The van der Waals surface area contributed by atoms with Crippen LogP contribution in [0.1, 0.15) is 53.6 Å². The third-order valence-corrected chi connectivity index (χ3v) is 6.32. The third-order valence-electron chi connectivity index (χ3n) is 6.32. The van der Waals surface area contributed by atoms with E-state index in [4.69, 9.17) is 9.47 Å². The van der Waals surface area contributed by atoms with E-state index in [9.17, 15) is 9.59 Å². The van der Waals surface area contributed by atoms with Gasteiger partial charge in [0, 0.05) is 22.7 Å². The Morgan fingerprint density at radius 2 is 1.75 bits per heavy atom. The van der Waals surface area contributed by atoms with Crippen molar-refractivity contribution in [2.45, 2.75) is 51.6 Å². The van der Waals surface area contributed by atoms with E-state index >= 15 is 0 Å². The molecule has 6 heteroatoms. The standard InChI is InChI=1S/C26H30N2O4/c1-17-9-11-22-19(13-17)14-20(25(29)27-22)16-28(21-7-5-4-6-8-21)26(30)18-10-12-23(31-2)24(15-18)32-3/h9-15,21H,4-8,16H2,1-3H3,(H,27,29). The van der Waals surface area contributed by atoms with E-state index in [-0.39, 0.29) is 24.1 Å². The summed E-state index contributed by atoms with van der Waals surface area (Å²) in [5.41, 5.74) is 2.91. The topological polar surface area (TPSA) is 71.6 Å². The number of hydrogen-bond donors (Lipinski definition) is 1. The Hall–Kier alpha value is -3.28. The molecule has 0 unspecified atom stereocenters. The van der Waals surface area contributed by atoms with Crippen molar-refractivity contribution in [3.63, 3.8) is 0 Å². The molecule has 1 aliphatic carbocycles. The zero-order valence-corrected chi connectivity index (χ0v) is 18.9. The summed E-state index contributed by atoms with van der Waals surface area (Å²) in [7, 11) is 3.13. The van der Waals surface area contributed by atoms with Crippen LogP contribution in [0.15, 0.2) is 47.3 Å². The number of aryl methyl sites for hydroxylation is 1. The number of pyridine rings is 1. The number of carbonyl (C=O) groups is 1. The maximum Gasteiger partial charge on any atom is 0.254 e. The number of methoxy groups -OCH3 is 2. The molecule has 0 radical (unpaired) electrons. The van der Waals surface area contributed by atoms with E-state index in [1.54, 1.807) is 32.4 Å². The van der Waals surface area contributed by atoms with Crippen LogP contribution in [0, 0.1) is 6.92 Å². The van der Waals surface area contributed by atoms with Gasteiger partial charge in [0.05, 0.1) is 20.8 Å². The van der Waals surface area contributed by atoms with Crippen molar-refractivity contribution in [1.82, 2.24) is 9.88 Å². The molecule has 3 aromatic rings. The van der Waals surface area contributed by atoms with Gasteiger partial charge in [0.2, 0.25) is 0 Å². The van der Waals surface area contributed by atoms with E-state index in [1.807, 2.05) is 30.0 Å². The molecular formula is C26H30N2O4. The highest BCUT2D eigenvalue weighted by atomic mass is 16.5. The Morgan fingerprint density at radius 1 is 1.00 bits per heavy atom. The monoisotopic (exact) mass is 434 g/mol. The summed E-state index contributed by atoms with van der Waals surface area (Å²) in [6.07, 6.45) is 5.26. The summed E-state index contributed by atoms with van der Waals surface area (Å²) in [6, 6.07) is 13.2. The van der Waals surface area contributed by atoms with Gasteiger partial charge in [0.1, 0.15) is 0 Å². The van der Waals surface area contributed by atoms with Crippen molar-refractivity contribution in [2.75, 3.05) is 14.2 Å². The number of aromatic nitrogens is 1. The van der Waals surface area contributed by atoms with Crippen molar-refractivity contribution >= 4 is 16.8 Å². The Kier molecular flexibility index (Phi) is 6.49. The fraction of sp³-hybridized carbons (Fsp3) is 0.385. The number of ether oxygens (including phenoxy) is 2. The second-order valence-electron chi connectivity index (χ2n) is 8.51. The first-order chi connectivity index (χ1) is 15.5. The van der Waals surface area contributed by atoms with Gasteiger partial charge in [-0.2, -0.15) is 0 Å². The molecule has 1 N–H and O–H groups in total. The van der Waals surface area contributed by atoms with E-state index < -0.39 is 0 Å². The molecule has 168 valence electrons. The molecule has 1 aliphatic rings. The number of benzene rings is 2. The lowest BCUT2D eigenvalue weighted by molar-refractivity contribution is 0.0613. The lowest BCUT2D eigenvalue weighted by atomic mass is 9.93. The Bertz CT molecular complexity index is 1180. The molecule has 1 saturated carbocycles. The van der Waals surface area contributed by atoms with Gasteiger partial charge < -0.3 is 19.4 Å². The number of amides is 1. The molecule has 0 aliphatic heterocycles. The molecule has 32 heavy (non-hydrogen) atoms. The molecule has 0 spiro atoms. The van der Waals surface area contributed by atoms with Crippen LogP contribution in [-0.2, 0) is 6.54 Å².